The second-order valence-electron chi connectivity index (χ2n) is 3.20. The summed E-state index contributed by atoms with van der Waals surface area (Å²) in [6.07, 6.45) is 5.14. The van der Waals surface area contributed by atoms with E-state index in [9.17, 15) is 0 Å². The molecule has 0 spiro atoms. The van der Waals surface area contributed by atoms with Gasteiger partial charge in [-0.25, -0.2) is 0 Å². The molecule has 1 saturated carbocycles. The van der Waals surface area contributed by atoms with Gasteiger partial charge in [-0.2, -0.15) is 0 Å². The average Bonchev–Trinajstić information content (AvgIpc) is 1.85. The van der Waals surface area contributed by atoms with E-state index in [1.165, 1.54) is 12.8 Å². The molecule has 0 aromatic carbocycles. The first-order valence-corrected chi connectivity index (χ1v) is 7.04. The largest absolute Gasteiger partial charge is 0.328 e. The van der Waals surface area contributed by atoms with Crippen LogP contribution in [0.25, 0.3) is 0 Å². The van der Waals surface area contributed by atoms with Crippen molar-refractivity contribution in [2.24, 2.45) is 5.92 Å². The van der Waals surface area contributed by atoms with Crippen LogP contribution >= 0.6 is 29.3 Å². The second kappa shape index (κ2) is 4.87. The molecule has 0 aromatic rings. The quantitative estimate of drug-likeness (QED) is 0.624. The Kier molecular flexibility index (Phi) is 4.45. The van der Waals surface area contributed by atoms with Crippen molar-refractivity contribution in [3.05, 3.63) is 0 Å². The van der Waals surface area contributed by atoms with E-state index in [4.69, 9.17) is 27.0 Å². The zero-order valence-corrected chi connectivity index (χ0v) is 9.00. The summed E-state index contributed by atoms with van der Waals surface area (Å²) in [5, 5.41) is 0. The van der Waals surface area contributed by atoms with Gasteiger partial charge >= 0.3 is 0 Å². The lowest BCUT2D eigenvalue weighted by Crippen LogP contribution is -2.18. The third-order valence-corrected chi connectivity index (χ3v) is 3.05. The predicted octanol–water partition coefficient (Wildman–Crippen LogP) is 4.29. The molecule has 0 saturated heterocycles. The van der Waals surface area contributed by atoms with Gasteiger partial charge in [-0.3, -0.25) is 0 Å². The van der Waals surface area contributed by atoms with Gasteiger partial charge in [0.05, 0.1) is 6.10 Å². The van der Waals surface area contributed by atoms with E-state index in [0.717, 1.165) is 18.8 Å². The Balaban J connectivity index is 2.23. The molecule has 0 unspecified atom stereocenters. The highest BCUT2D eigenvalue weighted by atomic mass is 35.9. The Hall–Kier alpha value is 0.970. The van der Waals surface area contributed by atoms with Crippen molar-refractivity contribution in [2.45, 2.75) is 38.7 Å². The highest BCUT2D eigenvalue weighted by Crippen LogP contribution is 2.50. The molecule has 0 radical (unpaired) electrons. The fourth-order valence-electron chi connectivity index (χ4n) is 1.59. The van der Waals surface area contributed by atoms with Crippen molar-refractivity contribution in [3.63, 3.8) is 0 Å². The lowest BCUT2D eigenvalue weighted by Gasteiger charge is -2.26. The maximum atomic E-state index is 5.57. The summed E-state index contributed by atoms with van der Waals surface area (Å²) in [4.78, 5) is 0. The molecule has 1 aliphatic rings. The molecule has 0 heterocycles. The molecule has 1 aliphatic carbocycles. The van der Waals surface area contributed by atoms with Crippen molar-refractivity contribution >= 4 is 29.3 Å². The molecule has 0 N–H and O–H groups in total. The fraction of sp³-hybridized carbons (Fsp3) is 1.00. The minimum Gasteiger partial charge on any atom is -0.328 e. The van der Waals surface area contributed by atoms with Gasteiger partial charge in [0, 0.05) is 0 Å². The Morgan fingerprint density at radius 3 is 2.64 bits per heavy atom. The molecule has 0 aliphatic heterocycles. The van der Waals surface area contributed by atoms with Crippen molar-refractivity contribution in [2.75, 3.05) is 0 Å². The van der Waals surface area contributed by atoms with E-state index in [2.05, 4.69) is 6.92 Å². The van der Waals surface area contributed by atoms with E-state index in [-0.39, 0.29) is 0 Å². The number of halogens is 2. The van der Waals surface area contributed by atoms with E-state index in [0.29, 0.717) is 6.10 Å². The van der Waals surface area contributed by atoms with Gasteiger partial charge in [0.2, 0.25) is 6.85 Å². The van der Waals surface area contributed by atoms with Crippen LogP contribution in [-0.4, -0.2) is 6.10 Å². The second-order valence-corrected chi connectivity index (χ2v) is 6.18. The molecule has 1 rings (SSSR count). The normalized spacial score (nSPS) is 32.7. The molecule has 0 amide bonds. The minimum atomic E-state index is -1.20. The SMILES string of the molecule is C[C@@H]1CCC[C@H](OP(Cl)Cl)C1. The molecule has 0 aromatic heterocycles. The van der Waals surface area contributed by atoms with Gasteiger partial charge in [0.25, 0.3) is 0 Å². The van der Waals surface area contributed by atoms with Crippen molar-refractivity contribution < 1.29 is 4.52 Å². The Bertz CT molecular complexity index is 119. The highest BCUT2D eigenvalue weighted by molar-refractivity contribution is 8.00. The van der Waals surface area contributed by atoms with Crippen LogP contribution in [0.2, 0.25) is 0 Å². The summed E-state index contributed by atoms with van der Waals surface area (Å²) in [7, 11) is 0. The molecule has 2 atom stereocenters. The van der Waals surface area contributed by atoms with E-state index in [1.54, 1.807) is 0 Å². The van der Waals surface area contributed by atoms with Crippen LogP contribution in [0.3, 0.4) is 0 Å². The average molecular weight is 215 g/mol. The van der Waals surface area contributed by atoms with Gasteiger partial charge < -0.3 is 4.52 Å². The van der Waals surface area contributed by atoms with Crippen LogP contribution in [0.5, 0.6) is 0 Å². The van der Waals surface area contributed by atoms with Gasteiger partial charge in [-0.05, 0) is 41.2 Å². The summed E-state index contributed by atoms with van der Waals surface area (Å²) in [6, 6.07) is 0. The van der Waals surface area contributed by atoms with Crippen LogP contribution in [0, 0.1) is 5.92 Å². The minimum absolute atomic E-state index is 0.319. The number of hydrogen-bond donors (Lipinski definition) is 0. The van der Waals surface area contributed by atoms with Crippen LogP contribution in [-0.2, 0) is 4.52 Å². The van der Waals surface area contributed by atoms with E-state index in [1.807, 2.05) is 0 Å². The van der Waals surface area contributed by atoms with Crippen molar-refractivity contribution in [1.29, 1.82) is 0 Å². The topological polar surface area (TPSA) is 9.23 Å². The predicted molar refractivity (Wildman–Crippen MR) is 51.1 cm³/mol. The summed E-state index contributed by atoms with van der Waals surface area (Å²) >= 11 is 11.1. The first-order valence-electron chi connectivity index (χ1n) is 3.97. The smallest absolute Gasteiger partial charge is 0.225 e. The zero-order chi connectivity index (χ0) is 8.27. The molecule has 0 bridgehead atoms. The summed E-state index contributed by atoms with van der Waals surface area (Å²) in [6.45, 7) is 1.05. The standard InChI is InChI=1S/C7H13Cl2OP/c1-6-3-2-4-7(5-6)10-11(8)9/h6-7H,2-5H2,1H3/t6-,7+/m1/s1. The Labute approximate surface area is 78.8 Å². The first-order chi connectivity index (χ1) is 5.18. The molecule has 1 nitrogen and oxygen atoms in total. The molecule has 11 heavy (non-hydrogen) atoms. The van der Waals surface area contributed by atoms with Crippen LogP contribution in [0.1, 0.15) is 32.6 Å². The van der Waals surface area contributed by atoms with Gasteiger partial charge in [-0.15, -0.1) is 0 Å². The third kappa shape index (κ3) is 3.94. The molecule has 1 fully saturated rings. The van der Waals surface area contributed by atoms with Crippen molar-refractivity contribution in [1.82, 2.24) is 0 Å². The monoisotopic (exact) mass is 214 g/mol. The summed E-state index contributed by atoms with van der Waals surface area (Å²) in [5.74, 6) is 0.775. The van der Waals surface area contributed by atoms with E-state index >= 15 is 0 Å². The molecule has 4 heteroatoms. The van der Waals surface area contributed by atoms with Gasteiger partial charge in [0.1, 0.15) is 0 Å². The summed E-state index contributed by atoms with van der Waals surface area (Å²) in [5.41, 5.74) is 0. The number of hydrogen-bond acceptors (Lipinski definition) is 1. The van der Waals surface area contributed by atoms with Crippen LogP contribution in [0.4, 0.5) is 0 Å². The van der Waals surface area contributed by atoms with Gasteiger partial charge in [-0.1, -0.05) is 19.8 Å². The van der Waals surface area contributed by atoms with Crippen LogP contribution < -0.4 is 0 Å². The summed E-state index contributed by atoms with van der Waals surface area (Å²) < 4.78 is 5.36. The molecular formula is C7H13Cl2OP. The van der Waals surface area contributed by atoms with E-state index < -0.39 is 6.85 Å². The lowest BCUT2D eigenvalue weighted by molar-refractivity contribution is 0.150. The molecule has 66 valence electrons. The first kappa shape index (κ1) is 10.1. The Morgan fingerprint density at radius 2 is 2.09 bits per heavy atom. The maximum absolute atomic E-state index is 5.57. The number of rotatable bonds is 2. The van der Waals surface area contributed by atoms with Crippen LogP contribution in [0.15, 0.2) is 0 Å². The lowest BCUT2D eigenvalue weighted by atomic mass is 9.89. The van der Waals surface area contributed by atoms with Gasteiger partial charge in [0.15, 0.2) is 0 Å². The zero-order valence-electron chi connectivity index (χ0n) is 6.59. The Morgan fingerprint density at radius 1 is 1.36 bits per heavy atom. The molecular weight excluding hydrogens is 202 g/mol. The fourth-order valence-corrected chi connectivity index (χ4v) is 2.68. The maximum Gasteiger partial charge on any atom is 0.225 e. The third-order valence-electron chi connectivity index (χ3n) is 2.12. The highest BCUT2D eigenvalue weighted by Gasteiger charge is 2.21. The van der Waals surface area contributed by atoms with Crippen molar-refractivity contribution in [3.8, 4) is 0 Å².